The maximum Gasteiger partial charge on any atom is 0.328 e. The second-order valence-electron chi connectivity index (χ2n) is 9.09. The maximum absolute atomic E-state index is 12.8. The van der Waals surface area contributed by atoms with Gasteiger partial charge in [-0.05, 0) is 12.0 Å². The van der Waals surface area contributed by atoms with Crippen LogP contribution in [0.25, 0.3) is 11.2 Å². The SMILES string of the molecule is CCCCCCCCCCOc1nc(N)nc2c1ncn2CC(=O)N[C@@H](Cc1ccccc1)C(=O)OC. The third kappa shape index (κ3) is 8.73. The fourth-order valence-electron chi connectivity index (χ4n) is 4.14. The molecule has 2 heterocycles. The number of unbranched alkanes of at least 4 members (excludes halogenated alkanes) is 7. The van der Waals surface area contributed by atoms with Gasteiger partial charge in [0.25, 0.3) is 0 Å². The number of benzene rings is 1. The van der Waals surface area contributed by atoms with E-state index >= 15 is 0 Å². The first-order chi connectivity index (χ1) is 18.0. The summed E-state index contributed by atoms with van der Waals surface area (Å²) in [7, 11) is 1.30. The number of carbonyl (C=O) groups is 2. The number of ether oxygens (including phenoxy) is 2. The zero-order valence-corrected chi connectivity index (χ0v) is 21.8. The van der Waals surface area contributed by atoms with Crippen LogP contribution < -0.4 is 15.8 Å². The highest BCUT2D eigenvalue weighted by molar-refractivity contribution is 5.86. The molecule has 0 saturated heterocycles. The van der Waals surface area contributed by atoms with Gasteiger partial charge >= 0.3 is 5.97 Å². The fourth-order valence-corrected chi connectivity index (χ4v) is 4.14. The molecule has 10 nitrogen and oxygen atoms in total. The summed E-state index contributed by atoms with van der Waals surface area (Å²) in [6.07, 6.45) is 11.4. The Balaban J connectivity index is 1.57. The molecule has 0 aliphatic rings. The first kappa shape index (κ1) is 27.9. The van der Waals surface area contributed by atoms with Crippen molar-refractivity contribution in [3.63, 3.8) is 0 Å². The molecule has 200 valence electrons. The molecule has 0 bridgehead atoms. The number of aromatic nitrogens is 4. The Hall–Kier alpha value is -3.69. The quantitative estimate of drug-likeness (QED) is 0.219. The van der Waals surface area contributed by atoms with Crippen LogP contribution >= 0.6 is 0 Å². The number of methoxy groups -OCH3 is 1. The number of hydrogen-bond acceptors (Lipinski definition) is 8. The number of imidazole rings is 1. The van der Waals surface area contributed by atoms with Crippen molar-refractivity contribution in [3.05, 3.63) is 42.2 Å². The molecule has 0 saturated carbocycles. The van der Waals surface area contributed by atoms with Crippen molar-refractivity contribution in [2.24, 2.45) is 0 Å². The van der Waals surface area contributed by atoms with E-state index in [9.17, 15) is 9.59 Å². The van der Waals surface area contributed by atoms with E-state index in [0.717, 1.165) is 18.4 Å². The van der Waals surface area contributed by atoms with E-state index < -0.39 is 12.0 Å². The Labute approximate surface area is 218 Å². The van der Waals surface area contributed by atoms with Crippen molar-refractivity contribution in [2.75, 3.05) is 19.5 Å². The highest BCUT2D eigenvalue weighted by Gasteiger charge is 2.23. The third-order valence-corrected chi connectivity index (χ3v) is 6.10. The van der Waals surface area contributed by atoms with E-state index in [4.69, 9.17) is 15.2 Å². The van der Waals surface area contributed by atoms with Crippen LogP contribution in [0, 0.1) is 0 Å². The second kappa shape index (κ2) is 14.8. The molecule has 3 aromatic rings. The van der Waals surface area contributed by atoms with Gasteiger partial charge in [-0.1, -0.05) is 82.2 Å². The highest BCUT2D eigenvalue weighted by Crippen LogP contribution is 2.22. The normalized spacial score (nSPS) is 11.8. The molecule has 0 fully saturated rings. The number of anilines is 1. The summed E-state index contributed by atoms with van der Waals surface area (Å²) in [5, 5.41) is 2.75. The van der Waals surface area contributed by atoms with Crippen molar-refractivity contribution in [2.45, 2.75) is 77.3 Å². The van der Waals surface area contributed by atoms with Gasteiger partial charge in [0, 0.05) is 6.42 Å². The number of nitrogens with two attached hydrogens (primary N) is 1. The van der Waals surface area contributed by atoms with Crippen LogP contribution in [0.1, 0.15) is 63.9 Å². The summed E-state index contributed by atoms with van der Waals surface area (Å²) in [4.78, 5) is 37.9. The minimum Gasteiger partial charge on any atom is -0.476 e. The average molecular weight is 511 g/mol. The summed E-state index contributed by atoms with van der Waals surface area (Å²) in [6.45, 7) is 2.63. The number of rotatable bonds is 16. The van der Waals surface area contributed by atoms with E-state index in [1.807, 2.05) is 30.3 Å². The molecule has 0 unspecified atom stereocenters. The lowest BCUT2D eigenvalue weighted by molar-refractivity contribution is -0.145. The summed E-state index contributed by atoms with van der Waals surface area (Å²) in [6, 6.07) is 8.60. The lowest BCUT2D eigenvalue weighted by Gasteiger charge is -2.17. The molecule has 0 aliphatic heterocycles. The number of nitrogen functional groups attached to an aromatic ring is 1. The lowest BCUT2D eigenvalue weighted by Crippen LogP contribution is -2.44. The van der Waals surface area contributed by atoms with Gasteiger partial charge < -0.3 is 25.1 Å². The van der Waals surface area contributed by atoms with Crippen molar-refractivity contribution in [1.29, 1.82) is 0 Å². The first-order valence-corrected chi connectivity index (χ1v) is 13.0. The Kier molecular flexibility index (Phi) is 11.1. The minimum atomic E-state index is -0.820. The van der Waals surface area contributed by atoms with Crippen LogP contribution in [0.5, 0.6) is 5.88 Å². The lowest BCUT2D eigenvalue weighted by atomic mass is 10.1. The van der Waals surface area contributed by atoms with E-state index in [1.165, 1.54) is 52.0 Å². The standard InChI is InChI=1S/C27H38N6O4/c1-3-4-5-6-7-8-9-13-16-37-25-23-24(31-27(28)32-25)33(19-29-23)18-22(34)30-21(26(35)36-2)17-20-14-11-10-12-15-20/h10-12,14-15,19,21H,3-9,13,16-18H2,1-2H3,(H,30,34)(H2,28,31,32)/t21-/m0/s1. The van der Waals surface area contributed by atoms with Gasteiger partial charge in [0.15, 0.2) is 11.2 Å². The number of carbonyl (C=O) groups excluding carboxylic acids is 2. The Bertz CT molecular complexity index is 1130. The molecule has 1 amide bonds. The van der Waals surface area contributed by atoms with Gasteiger partial charge in [-0.3, -0.25) is 4.79 Å². The summed E-state index contributed by atoms with van der Waals surface area (Å²) in [5.74, 6) is -0.557. The van der Waals surface area contributed by atoms with Crippen LogP contribution in [0.4, 0.5) is 5.95 Å². The topological polar surface area (TPSA) is 134 Å². The van der Waals surface area contributed by atoms with E-state index in [2.05, 4.69) is 27.2 Å². The monoisotopic (exact) mass is 510 g/mol. The Morgan fingerprint density at radius 2 is 1.73 bits per heavy atom. The molecule has 10 heteroatoms. The molecule has 37 heavy (non-hydrogen) atoms. The van der Waals surface area contributed by atoms with Crippen molar-refractivity contribution in [1.82, 2.24) is 24.8 Å². The Morgan fingerprint density at radius 1 is 1.03 bits per heavy atom. The molecular formula is C27H38N6O4. The second-order valence-corrected chi connectivity index (χ2v) is 9.09. The Morgan fingerprint density at radius 3 is 2.43 bits per heavy atom. The van der Waals surface area contributed by atoms with Crippen LogP contribution in [0.2, 0.25) is 0 Å². The van der Waals surface area contributed by atoms with Gasteiger partial charge in [0.05, 0.1) is 20.0 Å². The molecule has 1 aromatic carbocycles. The zero-order chi connectivity index (χ0) is 26.5. The predicted octanol–water partition coefficient (Wildman–Crippen LogP) is 3.83. The first-order valence-electron chi connectivity index (χ1n) is 13.0. The van der Waals surface area contributed by atoms with Crippen molar-refractivity contribution >= 4 is 29.0 Å². The molecule has 3 N–H and O–H groups in total. The number of fused-ring (bicyclic) bond motifs is 1. The van der Waals surface area contributed by atoms with Crippen molar-refractivity contribution < 1.29 is 19.1 Å². The van der Waals surface area contributed by atoms with E-state index in [1.54, 1.807) is 4.57 Å². The number of nitrogens with one attached hydrogen (secondary N) is 1. The summed E-state index contributed by atoms with van der Waals surface area (Å²) >= 11 is 0. The maximum atomic E-state index is 12.8. The molecule has 2 aromatic heterocycles. The third-order valence-electron chi connectivity index (χ3n) is 6.10. The van der Waals surface area contributed by atoms with Crippen LogP contribution in [-0.2, 0) is 27.3 Å². The van der Waals surface area contributed by atoms with Gasteiger partial charge in [-0.25, -0.2) is 9.78 Å². The van der Waals surface area contributed by atoms with Crippen LogP contribution in [0.3, 0.4) is 0 Å². The molecular weight excluding hydrogens is 472 g/mol. The number of hydrogen-bond donors (Lipinski definition) is 2. The average Bonchev–Trinajstić information content (AvgIpc) is 3.29. The largest absolute Gasteiger partial charge is 0.476 e. The minimum absolute atomic E-state index is 0.0390. The number of nitrogens with zero attached hydrogens (tertiary/aromatic N) is 4. The van der Waals surface area contributed by atoms with Gasteiger partial charge in [-0.2, -0.15) is 9.97 Å². The molecule has 0 radical (unpaired) electrons. The van der Waals surface area contributed by atoms with Gasteiger partial charge in [0.2, 0.25) is 17.7 Å². The number of amides is 1. The smallest absolute Gasteiger partial charge is 0.328 e. The fraction of sp³-hybridized carbons (Fsp3) is 0.519. The summed E-state index contributed by atoms with van der Waals surface area (Å²) < 4.78 is 12.3. The van der Waals surface area contributed by atoms with Gasteiger partial charge in [-0.15, -0.1) is 0 Å². The molecule has 1 atom stereocenters. The molecule has 3 rings (SSSR count). The predicted molar refractivity (Wildman–Crippen MR) is 142 cm³/mol. The summed E-state index contributed by atoms with van der Waals surface area (Å²) in [5.41, 5.74) is 7.66. The van der Waals surface area contributed by atoms with E-state index in [-0.39, 0.29) is 18.4 Å². The van der Waals surface area contributed by atoms with Crippen LogP contribution in [0.15, 0.2) is 36.7 Å². The molecule has 0 aliphatic carbocycles. The van der Waals surface area contributed by atoms with Crippen molar-refractivity contribution in [3.8, 4) is 5.88 Å². The number of esters is 1. The van der Waals surface area contributed by atoms with Crippen LogP contribution in [-0.4, -0.2) is 51.2 Å². The highest BCUT2D eigenvalue weighted by atomic mass is 16.5. The molecule has 0 spiro atoms. The zero-order valence-electron chi connectivity index (χ0n) is 21.8. The van der Waals surface area contributed by atoms with E-state index in [0.29, 0.717) is 30.1 Å². The van der Waals surface area contributed by atoms with Gasteiger partial charge in [0.1, 0.15) is 12.6 Å².